The molecule has 1 aromatic carbocycles. The summed E-state index contributed by atoms with van der Waals surface area (Å²) in [6, 6.07) is 2.90. The topological polar surface area (TPSA) is 20.2 Å². The molecule has 0 aromatic heterocycles. The van der Waals surface area contributed by atoms with Gasteiger partial charge in [0.15, 0.2) is 0 Å². The highest BCUT2D eigenvalue weighted by atomic mass is 32.2. The molecule has 0 aliphatic heterocycles. The fourth-order valence-electron chi connectivity index (χ4n) is 0.962. The molecule has 0 heterocycles. The van der Waals surface area contributed by atoms with Gasteiger partial charge in [-0.1, -0.05) is 6.92 Å². The van der Waals surface area contributed by atoms with Crippen LogP contribution in [0, 0.1) is 0 Å². The molecule has 1 aromatic rings. The second-order valence-electron chi connectivity index (χ2n) is 2.61. The van der Waals surface area contributed by atoms with Crippen molar-refractivity contribution in [3.8, 4) is 5.75 Å². The first-order valence-electron chi connectivity index (χ1n) is 3.98. The lowest BCUT2D eigenvalue weighted by Crippen LogP contribution is -2.04. The third-order valence-electron chi connectivity index (χ3n) is 1.59. The van der Waals surface area contributed by atoms with Crippen LogP contribution in [0.5, 0.6) is 5.75 Å². The van der Waals surface area contributed by atoms with Gasteiger partial charge >= 0.3 is 6.18 Å². The average molecular weight is 222 g/mol. The first kappa shape index (κ1) is 11.2. The lowest BCUT2D eigenvalue weighted by atomic mass is 10.2. The van der Waals surface area contributed by atoms with Gasteiger partial charge in [0.2, 0.25) is 0 Å². The smallest absolute Gasteiger partial charge is 0.416 e. The number of thioether (sulfide) groups is 1. The molecule has 0 bridgehead atoms. The van der Waals surface area contributed by atoms with Crippen molar-refractivity contribution in [1.82, 2.24) is 0 Å². The Morgan fingerprint density at radius 3 is 2.50 bits per heavy atom. The number of benzene rings is 1. The molecule has 0 aliphatic carbocycles. The van der Waals surface area contributed by atoms with Crippen LogP contribution in [0.3, 0.4) is 0 Å². The molecular formula is C9H9F3OS. The molecular weight excluding hydrogens is 213 g/mol. The minimum absolute atomic E-state index is 0.107. The normalized spacial score (nSPS) is 11.7. The van der Waals surface area contributed by atoms with Gasteiger partial charge in [0, 0.05) is 4.90 Å². The first-order chi connectivity index (χ1) is 6.45. The number of hydrogen-bond acceptors (Lipinski definition) is 2. The number of aromatic hydroxyl groups is 1. The summed E-state index contributed by atoms with van der Waals surface area (Å²) in [6.45, 7) is 1.81. The van der Waals surface area contributed by atoms with Crippen molar-refractivity contribution in [3.63, 3.8) is 0 Å². The van der Waals surface area contributed by atoms with Crippen LogP contribution >= 0.6 is 11.8 Å². The minimum atomic E-state index is -4.35. The van der Waals surface area contributed by atoms with Crippen LogP contribution in [0.4, 0.5) is 13.2 Å². The Hall–Kier alpha value is -0.840. The van der Waals surface area contributed by atoms with Gasteiger partial charge in [-0.15, -0.1) is 11.8 Å². The van der Waals surface area contributed by atoms with Gasteiger partial charge in [0.1, 0.15) is 5.75 Å². The SMILES string of the molecule is CCSc1cc(C(F)(F)F)ccc1O. The number of phenolic OH excluding ortho intramolecular Hbond substituents is 1. The zero-order valence-electron chi connectivity index (χ0n) is 7.43. The zero-order chi connectivity index (χ0) is 10.8. The van der Waals surface area contributed by atoms with Crippen molar-refractivity contribution < 1.29 is 18.3 Å². The number of phenols is 1. The summed E-state index contributed by atoms with van der Waals surface area (Å²) in [6.07, 6.45) is -4.35. The van der Waals surface area contributed by atoms with Crippen molar-refractivity contribution >= 4 is 11.8 Å². The second-order valence-corrected chi connectivity index (χ2v) is 3.92. The second kappa shape index (κ2) is 4.13. The van der Waals surface area contributed by atoms with Crippen molar-refractivity contribution in [1.29, 1.82) is 0 Å². The monoisotopic (exact) mass is 222 g/mol. The molecule has 0 radical (unpaired) electrons. The Balaban J connectivity index is 3.06. The highest BCUT2D eigenvalue weighted by molar-refractivity contribution is 7.99. The van der Waals surface area contributed by atoms with E-state index in [1.54, 1.807) is 0 Å². The molecule has 0 amide bonds. The van der Waals surface area contributed by atoms with Crippen molar-refractivity contribution in [2.75, 3.05) is 5.75 Å². The van der Waals surface area contributed by atoms with Crippen LogP contribution in [0.2, 0.25) is 0 Å². The quantitative estimate of drug-likeness (QED) is 0.772. The Morgan fingerprint density at radius 1 is 1.36 bits per heavy atom. The summed E-state index contributed by atoms with van der Waals surface area (Å²) >= 11 is 1.18. The van der Waals surface area contributed by atoms with Crippen LogP contribution < -0.4 is 0 Å². The Morgan fingerprint density at radius 2 is 2.00 bits per heavy atom. The third-order valence-corrected chi connectivity index (χ3v) is 2.51. The van der Waals surface area contributed by atoms with E-state index in [9.17, 15) is 18.3 Å². The molecule has 1 rings (SSSR count). The summed E-state index contributed by atoms with van der Waals surface area (Å²) in [5.74, 6) is 0.513. The highest BCUT2D eigenvalue weighted by Crippen LogP contribution is 2.35. The van der Waals surface area contributed by atoms with Crippen molar-refractivity contribution in [2.45, 2.75) is 18.0 Å². The summed E-state index contributed by atoms with van der Waals surface area (Å²) < 4.78 is 36.7. The molecule has 0 fully saturated rings. The summed E-state index contributed by atoms with van der Waals surface area (Å²) in [7, 11) is 0. The van der Waals surface area contributed by atoms with E-state index in [0.717, 1.165) is 18.2 Å². The van der Waals surface area contributed by atoms with Gasteiger partial charge in [0.05, 0.1) is 5.56 Å². The largest absolute Gasteiger partial charge is 0.507 e. The lowest BCUT2D eigenvalue weighted by molar-refractivity contribution is -0.137. The van der Waals surface area contributed by atoms with Gasteiger partial charge in [-0.2, -0.15) is 13.2 Å². The van der Waals surface area contributed by atoms with Crippen LogP contribution in [-0.4, -0.2) is 10.9 Å². The van der Waals surface area contributed by atoms with E-state index < -0.39 is 11.7 Å². The molecule has 0 unspecified atom stereocenters. The third kappa shape index (κ3) is 2.57. The van der Waals surface area contributed by atoms with Gasteiger partial charge in [0.25, 0.3) is 0 Å². The predicted molar refractivity (Wildman–Crippen MR) is 49.5 cm³/mol. The molecule has 1 N–H and O–H groups in total. The Labute approximate surface area is 83.9 Å². The Bertz CT molecular complexity index is 322. The molecule has 1 nitrogen and oxygen atoms in total. The van der Waals surface area contributed by atoms with E-state index >= 15 is 0 Å². The van der Waals surface area contributed by atoms with E-state index in [4.69, 9.17) is 0 Å². The van der Waals surface area contributed by atoms with Crippen LogP contribution in [0.25, 0.3) is 0 Å². The summed E-state index contributed by atoms with van der Waals surface area (Å²) in [5.41, 5.74) is -0.730. The number of alkyl halides is 3. The molecule has 0 aliphatic rings. The summed E-state index contributed by atoms with van der Waals surface area (Å²) in [5, 5.41) is 9.24. The highest BCUT2D eigenvalue weighted by Gasteiger charge is 2.30. The predicted octanol–water partition coefficient (Wildman–Crippen LogP) is 3.52. The summed E-state index contributed by atoms with van der Waals surface area (Å²) in [4.78, 5) is 0.266. The zero-order valence-corrected chi connectivity index (χ0v) is 8.25. The molecule has 14 heavy (non-hydrogen) atoms. The van der Waals surface area contributed by atoms with Gasteiger partial charge in [-0.3, -0.25) is 0 Å². The van der Waals surface area contributed by atoms with E-state index in [2.05, 4.69) is 0 Å². The van der Waals surface area contributed by atoms with Crippen LogP contribution in [0.15, 0.2) is 23.1 Å². The molecule has 0 saturated carbocycles. The van der Waals surface area contributed by atoms with Crippen molar-refractivity contribution in [3.05, 3.63) is 23.8 Å². The maximum Gasteiger partial charge on any atom is 0.416 e. The van der Waals surface area contributed by atoms with E-state index in [1.807, 2.05) is 6.92 Å². The maximum absolute atomic E-state index is 12.2. The van der Waals surface area contributed by atoms with Gasteiger partial charge in [-0.05, 0) is 24.0 Å². The molecule has 0 saturated heterocycles. The fraction of sp³-hybridized carbons (Fsp3) is 0.333. The van der Waals surface area contributed by atoms with E-state index in [1.165, 1.54) is 11.8 Å². The molecule has 78 valence electrons. The molecule has 0 spiro atoms. The van der Waals surface area contributed by atoms with E-state index in [0.29, 0.717) is 5.75 Å². The van der Waals surface area contributed by atoms with Crippen LogP contribution in [0.1, 0.15) is 12.5 Å². The Kier molecular flexibility index (Phi) is 3.31. The average Bonchev–Trinajstić information content (AvgIpc) is 2.07. The maximum atomic E-state index is 12.2. The number of halogens is 3. The standard InChI is InChI=1S/C9H9F3OS/c1-2-14-8-5-6(9(10,11)12)3-4-7(8)13/h3-5,13H,2H2,1H3. The van der Waals surface area contributed by atoms with Crippen molar-refractivity contribution in [2.24, 2.45) is 0 Å². The minimum Gasteiger partial charge on any atom is -0.507 e. The number of rotatable bonds is 2. The number of hydrogen-bond donors (Lipinski definition) is 1. The lowest BCUT2D eigenvalue weighted by Gasteiger charge is -2.09. The fourth-order valence-corrected chi connectivity index (χ4v) is 1.70. The molecule has 0 atom stereocenters. The first-order valence-corrected chi connectivity index (χ1v) is 4.96. The molecule has 5 heteroatoms. The van der Waals surface area contributed by atoms with Gasteiger partial charge in [-0.25, -0.2) is 0 Å². The van der Waals surface area contributed by atoms with Gasteiger partial charge < -0.3 is 5.11 Å². The van der Waals surface area contributed by atoms with Crippen LogP contribution in [-0.2, 0) is 6.18 Å². The van der Waals surface area contributed by atoms with E-state index in [-0.39, 0.29) is 10.6 Å².